The van der Waals surface area contributed by atoms with Crippen molar-refractivity contribution in [2.24, 2.45) is 5.92 Å². The Balaban J connectivity index is 1.22. The van der Waals surface area contributed by atoms with Crippen LogP contribution in [0.5, 0.6) is 5.75 Å². The molecule has 1 unspecified atom stereocenters. The molecule has 1 atom stereocenters. The summed E-state index contributed by atoms with van der Waals surface area (Å²) in [4.78, 5) is 26.7. The van der Waals surface area contributed by atoms with E-state index in [4.69, 9.17) is 4.74 Å². The number of carbonyl (C=O) groups excluding carboxylic acids is 2. The first kappa shape index (κ1) is 21.4. The van der Waals surface area contributed by atoms with Crippen LogP contribution in [0.3, 0.4) is 0 Å². The molecule has 1 saturated carbocycles. The lowest BCUT2D eigenvalue weighted by Crippen LogP contribution is -2.46. The molecule has 2 aliphatic rings. The Hall–Kier alpha value is -2.86. The molecule has 2 amide bonds. The summed E-state index contributed by atoms with van der Waals surface area (Å²) in [6, 6.07) is 18.0. The van der Waals surface area contributed by atoms with Crippen LogP contribution in [-0.2, 0) is 16.1 Å². The number of rotatable bonds is 9. The van der Waals surface area contributed by atoms with Gasteiger partial charge < -0.3 is 15.4 Å². The van der Waals surface area contributed by atoms with Crippen LogP contribution < -0.4 is 15.4 Å². The fraction of sp³-hybridized carbons (Fsp3) is 0.440. The minimum Gasteiger partial charge on any atom is -0.484 e. The molecule has 1 saturated heterocycles. The molecule has 1 heterocycles. The van der Waals surface area contributed by atoms with Crippen LogP contribution in [0.15, 0.2) is 54.6 Å². The van der Waals surface area contributed by atoms with Gasteiger partial charge >= 0.3 is 0 Å². The normalized spacial score (nSPS) is 18.9. The van der Waals surface area contributed by atoms with E-state index < -0.39 is 0 Å². The van der Waals surface area contributed by atoms with E-state index in [1.807, 2.05) is 18.2 Å². The van der Waals surface area contributed by atoms with Gasteiger partial charge in [0.2, 0.25) is 5.91 Å². The minimum atomic E-state index is -0.127. The van der Waals surface area contributed by atoms with Gasteiger partial charge in [-0.1, -0.05) is 42.8 Å². The van der Waals surface area contributed by atoms with Crippen molar-refractivity contribution in [3.05, 3.63) is 60.2 Å². The van der Waals surface area contributed by atoms with Gasteiger partial charge in [0.05, 0.1) is 0 Å². The average molecular weight is 422 g/mol. The third-order valence-electron chi connectivity index (χ3n) is 5.93. The van der Waals surface area contributed by atoms with Crippen molar-refractivity contribution in [1.82, 2.24) is 10.2 Å². The van der Waals surface area contributed by atoms with Crippen molar-refractivity contribution in [1.29, 1.82) is 0 Å². The summed E-state index contributed by atoms with van der Waals surface area (Å²) in [7, 11) is 0. The van der Waals surface area contributed by atoms with E-state index in [-0.39, 0.29) is 24.3 Å². The number of ether oxygens (including phenoxy) is 1. The maximum Gasteiger partial charge on any atom is 0.257 e. The predicted octanol–water partition coefficient (Wildman–Crippen LogP) is 3.58. The first-order valence-electron chi connectivity index (χ1n) is 11.3. The first-order valence-corrected chi connectivity index (χ1v) is 11.3. The number of nitrogens with zero attached hydrogens (tertiary/aromatic N) is 1. The highest BCUT2D eigenvalue weighted by molar-refractivity contribution is 5.94. The lowest BCUT2D eigenvalue weighted by Gasteiger charge is -2.35. The van der Waals surface area contributed by atoms with E-state index in [0.29, 0.717) is 24.0 Å². The summed E-state index contributed by atoms with van der Waals surface area (Å²) in [5.74, 6) is 0.656. The van der Waals surface area contributed by atoms with Crippen molar-refractivity contribution >= 4 is 17.5 Å². The molecule has 0 aromatic heterocycles. The van der Waals surface area contributed by atoms with Crippen molar-refractivity contribution in [2.75, 3.05) is 25.0 Å². The molecule has 0 spiro atoms. The molecular weight excluding hydrogens is 390 g/mol. The summed E-state index contributed by atoms with van der Waals surface area (Å²) in [6.45, 7) is 2.57. The number of benzene rings is 2. The van der Waals surface area contributed by atoms with E-state index in [1.54, 1.807) is 12.1 Å². The molecule has 1 aliphatic heterocycles. The van der Waals surface area contributed by atoms with E-state index in [1.165, 1.54) is 18.4 Å². The molecule has 31 heavy (non-hydrogen) atoms. The fourth-order valence-electron chi connectivity index (χ4n) is 4.00. The monoisotopic (exact) mass is 421 g/mol. The number of hydrogen-bond donors (Lipinski definition) is 2. The SMILES string of the molecule is O=C(COc1cccc(NC(=O)C2CC2)c1)NCC1CCCCN1Cc1ccccc1. The lowest BCUT2D eigenvalue weighted by atomic mass is 10.0. The zero-order valence-corrected chi connectivity index (χ0v) is 17.9. The third kappa shape index (κ3) is 6.56. The number of likely N-dealkylation sites (tertiary alicyclic amines) is 1. The maximum absolute atomic E-state index is 12.4. The second-order valence-corrected chi connectivity index (χ2v) is 8.49. The van der Waals surface area contributed by atoms with Gasteiger partial charge in [0.15, 0.2) is 6.61 Å². The van der Waals surface area contributed by atoms with Gasteiger partial charge in [0.25, 0.3) is 5.91 Å². The van der Waals surface area contributed by atoms with Gasteiger partial charge in [-0.15, -0.1) is 0 Å². The third-order valence-corrected chi connectivity index (χ3v) is 5.93. The summed E-state index contributed by atoms with van der Waals surface area (Å²) in [6.07, 6.45) is 5.42. The summed E-state index contributed by atoms with van der Waals surface area (Å²) < 4.78 is 5.65. The van der Waals surface area contributed by atoms with Crippen LogP contribution in [0, 0.1) is 5.92 Å². The fourth-order valence-corrected chi connectivity index (χ4v) is 4.00. The van der Waals surface area contributed by atoms with Crippen LogP contribution in [0.25, 0.3) is 0 Å². The second-order valence-electron chi connectivity index (χ2n) is 8.49. The largest absolute Gasteiger partial charge is 0.484 e. The molecule has 0 bridgehead atoms. The zero-order chi connectivity index (χ0) is 21.5. The van der Waals surface area contributed by atoms with Crippen LogP contribution in [0.2, 0.25) is 0 Å². The molecule has 2 N–H and O–H groups in total. The Labute approximate surface area is 184 Å². The molecule has 6 nitrogen and oxygen atoms in total. The van der Waals surface area contributed by atoms with Gasteiger partial charge in [0.1, 0.15) is 5.75 Å². The molecule has 4 rings (SSSR count). The van der Waals surface area contributed by atoms with Gasteiger partial charge in [-0.3, -0.25) is 14.5 Å². The van der Waals surface area contributed by atoms with E-state index in [0.717, 1.165) is 32.4 Å². The van der Waals surface area contributed by atoms with Crippen molar-refractivity contribution in [3.63, 3.8) is 0 Å². The number of piperidine rings is 1. The number of anilines is 1. The van der Waals surface area contributed by atoms with Crippen LogP contribution in [0.4, 0.5) is 5.69 Å². The summed E-state index contributed by atoms with van der Waals surface area (Å²) >= 11 is 0. The first-order chi connectivity index (χ1) is 15.2. The zero-order valence-electron chi connectivity index (χ0n) is 17.9. The highest BCUT2D eigenvalue weighted by Crippen LogP contribution is 2.30. The molecule has 164 valence electrons. The van der Waals surface area contributed by atoms with Crippen LogP contribution >= 0.6 is 0 Å². The Kier molecular flexibility index (Phi) is 7.20. The molecule has 2 aromatic carbocycles. The standard InChI is InChI=1S/C25H31N3O3/c29-24(18-31-23-11-6-9-21(15-23)27-25(30)20-12-13-20)26-16-22-10-4-5-14-28(22)17-19-7-2-1-3-8-19/h1-3,6-9,11,15,20,22H,4-5,10,12-14,16-18H2,(H,26,29)(H,27,30). The van der Waals surface area contributed by atoms with Gasteiger partial charge in [0, 0.05) is 36.8 Å². The maximum atomic E-state index is 12.4. The highest BCUT2D eigenvalue weighted by Gasteiger charge is 2.29. The van der Waals surface area contributed by atoms with Gasteiger partial charge in [-0.25, -0.2) is 0 Å². The molecule has 0 radical (unpaired) electrons. The second kappa shape index (κ2) is 10.4. The van der Waals surface area contributed by atoms with Crippen molar-refractivity contribution in [3.8, 4) is 5.75 Å². The summed E-state index contributed by atoms with van der Waals surface area (Å²) in [5, 5.41) is 5.93. The van der Waals surface area contributed by atoms with E-state index in [2.05, 4.69) is 39.8 Å². The number of hydrogen-bond acceptors (Lipinski definition) is 4. The average Bonchev–Trinajstić information content (AvgIpc) is 3.64. The topological polar surface area (TPSA) is 70.7 Å². The molecule has 6 heteroatoms. The van der Waals surface area contributed by atoms with E-state index >= 15 is 0 Å². The predicted molar refractivity (Wildman–Crippen MR) is 121 cm³/mol. The minimum absolute atomic E-state index is 0.0363. The van der Waals surface area contributed by atoms with Gasteiger partial charge in [-0.05, 0) is 49.9 Å². The van der Waals surface area contributed by atoms with Gasteiger partial charge in [-0.2, -0.15) is 0 Å². The summed E-state index contributed by atoms with van der Waals surface area (Å²) in [5.41, 5.74) is 2.01. The van der Waals surface area contributed by atoms with Crippen molar-refractivity contribution < 1.29 is 14.3 Å². The Morgan fingerprint density at radius 2 is 1.84 bits per heavy atom. The molecule has 2 aromatic rings. The van der Waals surface area contributed by atoms with Crippen molar-refractivity contribution in [2.45, 2.75) is 44.7 Å². The van der Waals surface area contributed by atoms with Crippen LogP contribution in [0.1, 0.15) is 37.7 Å². The van der Waals surface area contributed by atoms with E-state index in [9.17, 15) is 9.59 Å². The highest BCUT2D eigenvalue weighted by atomic mass is 16.5. The molecule has 1 aliphatic carbocycles. The van der Waals surface area contributed by atoms with Crippen LogP contribution in [-0.4, -0.2) is 42.5 Å². The number of amides is 2. The Morgan fingerprint density at radius 3 is 2.65 bits per heavy atom. The Morgan fingerprint density at radius 1 is 1.00 bits per heavy atom. The number of carbonyl (C=O) groups is 2. The Bertz CT molecular complexity index is 883. The molecular formula is C25H31N3O3. The molecule has 2 fully saturated rings. The lowest BCUT2D eigenvalue weighted by molar-refractivity contribution is -0.123. The quantitative estimate of drug-likeness (QED) is 0.649. The number of nitrogens with one attached hydrogen (secondary N) is 2. The smallest absolute Gasteiger partial charge is 0.257 e.